The van der Waals surface area contributed by atoms with Gasteiger partial charge in [0.05, 0.1) is 6.61 Å². The molecule has 130 valence electrons. The molecule has 2 N–H and O–H groups in total. The van der Waals surface area contributed by atoms with Crippen LogP contribution in [0.4, 0.5) is 0 Å². The van der Waals surface area contributed by atoms with Crippen LogP contribution in [0.3, 0.4) is 0 Å². The topological polar surface area (TPSA) is 43.7 Å². The third kappa shape index (κ3) is 4.59. The highest BCUT2D eigenvalue weighted by molar-refractivity contribution is 5.43. The molecule has 0 amide bonds. The molecular formula is C21H29NO2. The molecular weight excluding hydrogens is 298 g/mol. The molecule has 0 aliphatic rings. The van der Waals surface area contributed by atoms with Gasteiger partial charge in [-0.05, 0) is 56.6 Å². The van der Waals surface area contributed by atoms with E-state index >= 15 is 0 Å². The maximum absolute atomic E-state index is 10.4. The van der Waals surface area contributed by atoms with Crippen LogP contribution in [0.1, 0.15) is 49.8 Å². The minimum absolute atomic E-state index is 0.0120. The first-order valence-electron chi connectivity index (χ1n) is 8.78. The lowest BCUT2D eigenvalue weighted by atomic mass is 9.87. The molecule has 2 rings (SSSR count). The minimum atomic E-state index is -0.0120. The number of aliphatic hydroxyl groups excluding tert-OH is 1. The molecule has 3 heteroatoms. The second kappa shape index (κ2) is 8.86. The first-order valence-corrected chi connectivity index (χ1v) is 8.78. The van der Waals surface area contributed by atoms with Crippen molar-refractivity contribution in [1.29, 1.82) is 0 Å². The lowest BCUT2D eigenvalue weighted by Gasteiger charge is -2.28. The van der Waals surface area contributed by atoms with E-state index in [0.717, 1.165) is 30.6 Å². The van der Waals surface area contributed by atoms with Gasteiger partial charge in [0.2, 0.25) is 0 Å². The minimum Gasteiger partial charge on any atom is -0.508 e. The average Bonchev–Trinajstić information content (AvgIpc) is 2.60. The summed E-state index contributed by atoms with van der Waals surface area (Å²) in [5.41, 5.74) is 2.93. The van der Waals surface area contributed by atoms with Gasteiger partial charge in [0, 0.05) is 17.5 Å². The molecule has 0 saturated heterocycles. The fourth-order valence-electron chi connectivity index (χ4n) is 3.24. The predicted octanol–water partition coefficient (Wildman–Crippen LogP) is 4.14. The summed E-state index contributed by atoms with van der Waals surface area (Å²) in [5.74, 6) is 0.416. The zero-order chi connectivity index (χ0) is 17.5. The first kappa shape index (κ1) is 18.5. The normalized spacial score (nSPS) is 12.8. The summed E-state index contributed by atoms with van der Waals surface area (Å²) in [6.07, 6.45) is 0.929. The van der Waals surface area contributed by atoms with E-state index in [2.05, 4.69) is 37.8 Å². The van der Waals surface area contributed by atoms with E-state index in [1.807, 2.05) is 24.3 Å². The lowest BCUT2D eigenvalue weighted by Crippen LogP contribution is -2.32. The smallest absolute Gasteiger partial charge is 0.119 e. The van der Waals surface area contributed by atoms with Crippen LogP contribution in [0.2, 0.25) is 0 Å². The van der Waals surface area contributed by atoms with Crippen LogP contribution < -0.4 is 0 Å². The Bertz CT molecular complexity index is 625. The number of benzene rings is 2. The number of phenols is 1. The summed E-state index contributed by atoms with van der Waals surface area (Å²) in [5, 5.41) is 19.8. The first-order chi connectivity index (χ1) is 11.6. The summed E-state index contributed by atoms with van der Waals surface area (Å²) in [6.45, 7) is 8.58. The van der Waals surface area contributed by atoms with Gasteiger partial charge in [-0.3, -0.25) is 0 Å². The van der Waals surface area contributed by atoms with E-state index in [1.165, 1.54) is 5.56 Å². The fourth-order valence-corrected chi connectivity index (χ4v) is 3.24. The van der Waals surface area contributed by atoms with Crippen LogP contribution in [-0.4, -0.2) is 34.2 Å². The van der Waals surface area contributed by atoms with E-state index < -0.39 is 0 Å². The molecule has 3 nitrogen and oxygen atoms in total. The predicted molar refractivity (Wildman–Crippen MR) is 99.3 cm³/mol. The van der Waals surface area contributed by atoms with E-state index in [0.29, 0.717) is 11.8 Å². The highest BCUT2D eigenvalue weighted by Gasteiger charge is 2.20. The number of nitrogens with zero attached hydrogens (tertiary/aromatic N) is 1. The molecule has 0 heterocycles. The van der Waals surface area contributed by atoms with E-state index in [4.69, 9.17) is 0 Å². The van der Waals surface area contributed by atoms with Gasteiger partial charge in [0.25, 0.3) is 0 Å². The summed E-state index contributed by atoms with van der Waals surface area (Å²) in [6, 6.07) is 16.2. The summed E-state index contributed by atoms with van der Waals surface area (Å²) < 4.78 is 0. The van der Waals surface area contributed by atoms with Crippen LogP contribution in [0.5, 0.6) is 5.75 Å². The Morgan fingerprint density at radius 3 is 2.33 bits per heavy atom. The molecule has 1 atom stereocenters. The Morgan fingerprint density at radius 2 is 1.75 bits per heavy atom. The van der Waals surface area contributed by atoms with Crippen molar-refractivity contribution in [2.75, 3.05) is 13.1 Å². The number of phenolic OH excluding ortho intramolecular Hbond substituents is 1. The quantitative estimate of drug-likeness (QED) is 0.766. The SMILES string of the molecule is CCN(CCC(c1ccccc1)c1cc(CO)ccc1O)C(C)C. The van der Waals surface area contributed by atoms with Crippen molar-refractivity contribution in [2.24, 2.45) is 0 Å². The van der Waals surface area contributed by atoms with Crippen molar-refractivity contribution >= 4 is 0 Å². The van der Waals surface area contributed by atoms with Crippen molar-refractivity contribution in [3.8, 4) is 5.75 Å². The van der Waals surface area contributed by atoms with Gasteiger partial charge < -0.3 is 15.1 Å². The summed E-state index contributed by atoms with van der Waals surface area (Å²) >= 11 is 0. The Morgan fingerprint density at radius 1 is 1.04 bits per heavy atom. The Labute approximate surface area is 145 Å². The van der Waals surface area contributed by atoms with Crippen molar-refractivity contribution in [3.05, 3.63) is 65.2 Å². The van der Waals surface area contributed by atoms with Crippen LogP contribution in [-0.2, 0) is 6.61 Å². The molecule has 0 aromatic heterocycles. The molecule has 0 fully saturated rings. The number of aliphatic hydroxyl groups is 1. The van der Waals surface area contributed by atoms with E-state index in [-0.39, 0.29) is 12.5 Å². The van der Waals surface area contributed by atoms with Crippen molar-refractivity contribution < 1.29 is 10.2 Å². The van der Waals surface area contributed by atoms with Crippen LogP contribution in [0, 0.1) is 0 Å². The van der Waals surface area contributed by atoms with Crippen LogP contribution in [0.25, 0.3) is 0 Å². The second-order valence-electron chi connectivity index (χ2n) is 6.53. The fraction of sp³-hybridized carbons (Fsp3) is 0.429. The monoisotopic (exact) mass is 327 g/mol. The number of aromatic hydroxyl groups is 1. The van der Waals surface area contributed by atoms with Gasteiger partial charge in [-0.25, -0.2) is 0 Å². The Hall–Kier alpha value is -1.84. The lowest BCUT2D eigenvalue weighted by molar-refractivity contribution is 0.227. The highest BCUT2D eigenvalue weighted by Crippen LogP contribution is 2.35. The highest BCUT2D eigenvalue weighted by atomic mass is 16.3. The molecule has 0 aliphatic heterocycles. The molecule has 0 bridgehead atoms. The van der Waals surface area contributed by atoms with Gasteiger partial charge >= 0.3 is 0 Å². The standard InChI is InChI=1S/C21H29NO2/c1-4-22(16(2)3)13-12-19(18-8-6-5-7-9-18)20-14-17(15-23)10-11-21(20)24/h5-11,14,16,19,23-24H,4,12-13,15H2,1-3H3. The largest absolute Gasteiger partial charge is 0.508 e. The maximum atomic E-state index is 10.4. The second-order valence-corrected chi connectivity index (χ2v) is 6.53. The van der Waals surface area contributed by atoms with Crippen LogP contribution >= 0.6 is 0 Å². The van der Waals surface area contributed by atoms with Gasteiger partial charge in [-0.15, -0.1) is 0 Å². The average molecular weight is 327 g/mol. The summed E-state index contributed by atoms with van der Waals surface area (Å²) in [4.78, 5) is 2.43. The molecule has 0 spiro atoms. The molecule has 0 aliphatic carbocycles. The van der Waals surface area contributed by atoms with E-state index in [1.54, 1.807) is 12.1 Å². The number of hydrogen-bond acceptors (Lipinski definition) is 3. The molecule has 2 aromatic carbocycles. The Kier molecular flexibility index (Phi) is 6.83. The zero-order valence-corrected chi connectivity index (χ0v) is 14.9. The molecule has 0 saturated carbocycles. The van der Waals surface area contributed by atoms with Crippen molar-refractivity contribution in [1.82, 2.24) is 4.90 Å². The molecule has 0 radical (unpaired) electrons. The Balaban J connectivity index is 2.33. The van der Waals surface area contributed by atoms with E-state index in [9.17, 15) is 10.2 Å². The summed E-state index contributed by atoms with van der Waals surface area (Å²) in [7, 11) is 0. The maximum Gasteiger partial charge on any atom is 0.119 e. The molecule has 2 aromatic rings. The number of rotatable bonds is 8. The third-order valence-electron chi connectivity index (χ3n) is 4.69. The number of hydrogen-bond donors (Lipinski definition) is 2. The van der Waals surface area contributed by atoms with Gasteiger partial charge in [-0.1, -0.05) is 43.3 Å². The van der Waals surface area contributed by atoms with Gasteiger partial charge in [0.1, 0.15) is 5.75 Å². The van der Waals surface area contributed by atoms with Crippen molar-refractivity contribution in [3.63, 3.8) is 0 Å². The van der Waals surface area contributed by atoms with Gasteiger partial charge in [-0.2, -0.15) is 0 Å². The van der Waals surface area contributed by atoms with Gasteiger partial charge in [0.15, 0.2) is 0 Å². The third-order valence-corrected chi connectivity index (χ3v) is 4.69. The molecule has 24 heavy (non-hydrogen) atoms. The molecule has 1 unspecified atom stereocenters. The van der Waals surface area contributed by atoms with Crippen LogP contribution in [0.15, 0.2) is 48.5 Å². The van der Waals surface area contributed by atoms with Crippen molar-refractivity contribution in [2.45, 2.75) is 45.8 Å². The zero-order valence-electron chi connectivity index (χ0n) is 14.9.